The molecule has 1 aromatic rings. The Kier molecular flexibility index (Phi) is 3.38. The van der Waals surface area contributed by atoms with Gasteiger partial charge in [-0.25, -0.2) is 0 Å². The number of hydrogen-bond donors (Lipinski definition) is 1. The lowest BCUT2D eigenvalue weighted by Crippen LogP contribution is -2.37. The van der Waals surface area contributed by atoms with E-state index in [1.54, 1.807) is 6.07 Å². The molecule has 1 unspecified atom stereocenters. The number of rotatable bonds is 3. The van der Waals surface area contributed by atoms with Crippen LogP contribution in [0.4, 0.5) is 5.82 Å². The molecule has 1 fully saturated rings. The van der Waals surface area contributed by atoms with E-state index >= 15 is 0 Å². The summed E-state index contributed by atoms with van der Waals surface area (Å²) >= 11 is 5.71. The summed E-state index contributed by atoms with van der Waals surface area (Å²) in [6.07, 6.45) is 1.16. The first-order chi connectivity index (χ1) is 7.31. The van der Waals surface area contributed by atoms with Crippen molar-refractivity contribution in [3.05, 3.63) is 17.3 Å². The van der Waals surface area contributed by atoms with Crippen molar-refractivity contribution in [3.8, 4) is 0 Å². The zero-order valence-electron chi connectivity index (χ0n) is 8.78. The molecule has 1 aromatic heterocycles. The van der Waals surface area contributed by atoms with Crippen molar-refractivity contribution in [1.82, 2.24) is 15.5 Å². The van der Waals surface area contributed by atoms with E-state index in [9.17, 15) is 0 Å². The molecule has 4 nitrogen and oxygen atoms in total. The lowest BCUT2D eigenvalue weighted by molar-refractivity contribution is 0.636. The van der Waals surface area contributed by atoms with Crippen LogP contribution >= 0.6 is 11.6 Å². The topological polar surface area (TPSA) is 41.1 Å². The maximum atomic E-state index is 5.71. The molecule has 0 aliphatic carbocycles. The van der Waals surface area contributed by atoms with Crippen LogP contribution in [0.15, 0.2) is 12.1 Å². The number of anilines is 1. The maximum absolute atomic E-state index is 5.71. The molecule has 0 bridgehead atoms. The second-order valence-corrected chi connectivity index (χ2v) is 4.03. The average molecular weight is 227 g/mol. The van der Waals surface area contributed by atoms with E-state index in [0.29, 0.717) is 11.2 Å². The predicted molar refractivity (Wildman–Crippen MR) is 61.3 cm³/mol. The van der Waals surface area contributed by atoms with Crippen LogP contribution in [0.25, 0.3) is 0 Å². The van der Waals surface area contributed by atoms with Gasteiger partial charge in [-0.1, -0.05) is 11.6 Å². The van der Waals surface area contributed by atoms with Gasteiger partial charge in [-0.2, -0.15) is 0 Å². The molecule has 82 valence electrons. The summed E-state index contributed by atoms with van der Waals surface area (Å²) in [7, 11) is 0. The van der Waals surface area contributed by atoms with Crippen LogP contribution in [0.2, 0.25) is 5.15 Å². The maximum Gasteiger partial charge on any atom is 0.151 e. The van der Waals surface area contributed by atoms with Crippen LogP contribution in [-0.4, -0.2) is 35.9 Å². The number of nitrogens with zero attached hydrogens (tertiary/aromatic N) is 3. The van der Waals surface area contributed by atoms with Gasteiger partial charge in [0.05, 0.1) is 0 Å². The Morgan fingerprint density at radius 1 is 1.53 bits per heavy atom. The number of halogens is 1. The zero-order valence-corrected chi connectivity index (χ0v) is 9.54. The van der Waals surface area contributed by atoms with Crippen molar-refractivity contribution in [1.29, 1.82) is 0 Å². The first kappa shape index (κ1) is 10.6. The summed E-state index contributed by atoms with van der Waals surface area (Å²) in [6.45, 7) is 5.19. The van der Waals surface area contributed by atoms with E-state index < -0.39 is 0 Å². The summed E-state index contributed by atoms with van der Waals surface area (Å²) < 4.78 is 0. The average Bonchev–Trinajstić information content (AvgIpc) is 2.75. The monoisotopic (exact) mass is 226 g/mol. The smallest absolute Gasteiger partial charge is 0.151 e. The fourth-order valence-corrected chi connectivity index (χ4v) is 2.08. The van der Waals surface area contributed by atoms with Crippen molar-refractivity contribution in [2.75, 3.05) is 24.5 Å². The van der Waals surface area contributed by atoms with E-state index in [-0.39, 0.29) is 0 Å². The zero-order chi connectivity index (χ0) is 10.7. The number of aromatic nitrogens is 2. The van der Waals surface area contributed by atoms with Crippen LogP contribution in [0.1, 0.15) is 13.3 Å². The fourth-order valence-electron chi connectivity index (χ4n) is 1.97. The van der Waals surface area contributed by atoms with Gasteiger partial charge in [0.15, 0.2) is 11.0 Å². The Hall–Kier alpha value is -0.870. The van der Waals surface area contributed by atoms with Crippen molar-refractivity contribution in [2.24, 2.45) is 0 Å². The molecule has 2 heterocycles. The molecular formula is C10H15ClN4. The Morgan fingerprint density at radius 3 is 2.93 bits per heavy atom. The molecule has 1 saturated heterocycles. The molecule has 0 spiro atoms. The number of hydrogen-bond acceptors (Lipinski definition) is 4. The number of nitrogens with one attached hydrogen (secondary N) is 1. The van der Waals surface area contributed by atoms with E-state index in [4.69, 9.17) is 11.6 Å². The highest BCUT2D eigenvalue weighted by Crippen LogP contribution is 2.17. The molecule has 0 aromatic carbocycles. The Balaban J connectivity index is 2.14. The first-order valence-electron chi connectivity index (χ1n) is 5.28. The molecule has 0 amide bonds. The quantitative estimate of drug-likeness (QED) is 0.844. The molecule has 15 heavy (non-hydrogen) atoms. The van der Waals surface area contributed by atoms with Gasteiger partial charge in [-0.3, -0.25) is 0 Å². The van der Waals surface area contributed by atoms with E-state index in [1.165, 1.54) is 0 Å². The van der Waals surface area contributed by atoms with Crippen LogP contribution in [0, 0.1) is 0 Å². The third-order valence-corrected chi connectivity index (χ3v) is 2.93. The minimum absolute atomic E-state index is 0.444. The summed E-state index contributed by atoms with van der Waals surface area (Å²) in [5.74, 6) is 0.913. The van der Waals surface area contributed by atoms with Crippen molar-refractivity contribution >= 4 is 17.4 Å². The van der Waals surface area contributed by atoms with E-state index in [2.05, 4.69) is 27.3 Å². The Labute approximate surface area is 94.6 Å². The van der Waals surface area contributed by atoms with Gasteiger partial charge in [-0.15, -0.1) is 10.2 Å². The van der Waals surface area contributed by atoms with E-state index in [1.807, 2.05) is 6.07 Å². The Bertz CT molecular complexity index is 308. The minimum Gasteiger partial charge on any atom is -0.351 e. The van der Waals surface area contributed by atoms with Crippen molar-refractivity contribution < 1.29 is 0 Å². The van der Waals surface area contributed by atoms with Gasteiger partial charge >= 0.3 is 0 Å². The second-order valence-electron chi connectivity index (χ2n) is 3.65. The molecule has 0 saturated carbocycles. The summed E-state index contributed by atoms with van der Waals surface area (Å²) in [5.41, 5.74) is 0. The van der Waals surface area contributed by atoms with E-state index in [0.717, 1.165) is 31.9 Å². The van der Waals surface area contributed by atoms with Gasteiger partial charge in [0.2, 0.25) is 0 Å². The highest BCUT2D eigenvalue weighted by atomic mass is 35.5. The van der Waals surface area contributed by atoms with Crippen molar-refractivity contribution in [2.45, 2.75) is 19.4 Å². The van der Waals surface area contributed by atoms with Crippen molar-refractivity contribution in [3.63, 3.8) is 0 Å². The van der Waals surface area contributed by atoms with Gasteiger partial charge in [0, 0.05) is 19.1 Å². The molecule has 1 aliphatic heterocycles. The minimum atomic E-state index is 0.444. The fraction of sp³-hybridized carbons (Fsp3) is 0.600. The summed E-state index contributed by atoms with van der Waals surface area (Å²) in [4.78, 5) is 2.27. The summed E-state index contributed by atoms with van der Waals surface area (Å²) in [5, 5.41) is 11.8. The lowest BCUT2D eigenvalue weighted by atomic mass is 10.2. The van der Waals surface area contributed by atoms with Crippen LogP contribution in [-0.2, 0) is 0 Å². The largest absolute Gasteiger partial charge is 0.351 e. The van der Waals surface area contributed by atoms with Gasteiger partial charge in [0.25, 0.3) is 0 Å². The second kappa shape index (κ2) is 4.77. The normalized spacial score (nSPS) is 20.5. The third-order valence-electron chi connectivity index (χ3n) is 2.73. The molecule has 5 heteroatoms. The lowest BCUT2D eigenvalue weighted by Gasteiger charge is -2.27. The molecule has 1 atom stereocenters. The molecule has 1 N–H and O–H groups in total. The Morgan fingerprint density at radius 2 is 2.40 bits per heavy atom. The summed E-state index contributed by atoms with van der Waals surface area (Å²) in [6, 6.07) is 4.25. The van der Waals surface area contributed by atoms with Crippen LogP contribution < -0.4 is 10.2 Å². The molecular weight excluding hydrogens is 212 g/mol. The first-order valence-corrected chi connectivity index (χ1v) is 5.65. The van der Waals surface area contributed by atoms with Crippen LogP contribution in [0.5, 0.6) is 0 Å². The highest BCUT2D eigenvalue weighted by Gasteiger charge is 2.22. The van der Waals surface area contributed by atoms with Gasteiger partial charge < -0.3 is 10.2 Å². The van der Waals surface area contributed by atoms with Gasteiger partial charge in [0.1, 0.15) is 0 Å². The molecule has 1 aliphatic rings. The SMILES string of the molecule is CCN(c1ccc(Cl)nn1)C1CCNC1. The van der Waals surface area contributed by atoms with Crippen LogP contribution in [0.3, 0.4) is 0 Å². The number of likely N-dealkylation sites (N-methyl/N-ethyl adjacent to an activating group) is 1. The predicted octanol–water partition coefficient (Wildman–Crippen LogP) is 1.32. The molecule has 0 radical (unpaired) electrons. The highest BCUT2D eigenvalue weighted by molar-refractivity contribution is 6.29. The molecule has 2 rings (SSSR count). The standard InChI is InChI=1S/C10H15ClN4/c1-2-15(8-5-6-12-7-8)10-4-3-9(11)13-14-10/h3-4,8,12H,2,5-7H2,1H3. The van der Waals surface area contributed by atoms with Gasteiger partial charge in [-0.05, 0) is 32.0 Å². The third kappa shape index (κ3) is 2.38.